The lowest BCUT2D eigenvalue weighted by molar-refractivity contribution is 1.11. The molecule has 3 heterocycles. The van der Waals surface area contributed by atoms with E-state index in [2.05, 4.69) is 47.0 Å². The lowest BCUT2D eigenvalue weighted by atomic mass is 10.5. The van der Waals surface area contributed by atoms with Gasteiger partial charge in [-0.2, -0.15) is 23.5 Å². The first kappa shape index (κ1) is 6.87. The molecular weight excluding hydrogens is 200 g/mol. The van der Waals surface area contributed by atoms with Gasteiger partial charge in [0.25, 0.3) is 0 Å². The van der Waals surface area contributed by atoms with Gasteiger partial charge in [-0.3, -0.25) is 0 Å². The quantitative estimate of drug-likeness (QED) is 0.639. The summed E-state index contributed by atoms with van der Waals surface area (Å²) in [5.74, 6) is 2.88. The van der Waals surface area contributed by atoms with E-state index in [1.54, 1.807) is 0 Å². The van der Waals surface area contributed by atoms with Crippen LogP contribution in [0.3, 0.4) is 0 Å². The van der Waals surface area contributed by atoms with E-state index in [0.29, 0.717) is 0 Å². The summed E-state index contributed by atoms with van der Waals surface area (Å²) in [5, 5.41) is 2.07. The van der Waals surface area contributed by atoms with E-state index in [1.807, 2.05) is 0 Å². The van der Waals surface area contributed by atoms with Crippen molar-refractivity contribution < 1.29 is 0 Å². The smallest absolute Gasteiger partial charge is 0.0652 e. The third-order valence-corrected chi connectivity index (χ3v) is 8.25. The van der Waals surface area contributed by atoms with Gasteiger partial charge in [0.05, 0.1) is 9.16 Å². The van der Waals surface area contributed by atoms with Crippen LogP contribution in [0.4, 0.5) is 0 Å². The Morgan fingerprint density at radius 1 is 0.800 bits per heavy atom. The molecule has 0 N–H and O–H groups in total. The molecule has 2 atom stereocenters. The molecule has 2 unspecified atom stereocenters. The molecule has 3 saturated heterocycles. The monoisotopic (exact) mass is 208 g/mol. The molecule has 4 heteroatoms. The summed E-state index contributed by atoms with van der Waals surface area (Å²) in [6.07, 6.45) is 0. The highest BCUT2D eigenvalue weighted by Crippen LogP contribution is 2.61. The molecule has 10 heavy (non-hydrogen) atoms. The highest BCUT2D eigenvalue weighted by Gasteiger charge is 2.48. The molecule has 3 rings (SSSR count). The van der Waals surface area contributed by atoms with Gasteiger partial charge >= 0.3 is 0 Å². The number of rotatable bonds is 2. The number of hydrogen-bond donors (Lipinski definition) is 0. The lowest BCUT2D eigenvalue weighted by Crippen LogP contribution is -2.26. The van der Waals surface area contributed by atoms with Crippen molar-refractivity contribution in [1.29, 1.82) is 0 Å². The second kappa shape index (κ2) is 2.44. The van der Waals surface area contributed by atoms with Crippen molar-refractivity contribution in [2.45, 2.75) is 19.7 Å². The summed E-state index contributed by atoms with van der Waals surface area (Å²) in [6.45, 7) is 0. The molecule has 3 fully saturated rings. The second-order valence-electron chi connectivity index (χ2n) is 2.75. The van der Waals surface area contributed by atoms with Gasteiger partial charge in [0.2, 0.25) is 0 Å². The van der Waals surface area contributed by atoms with Gasteiger partial charge in [0, 0.05) is 22.0 Å². The molecule has 0 aliphatic carbocycles. The zero-order valence-electron chi connectivity index (χ0n) is 5.36. The highest BCUT2D eigenvalue weighted by molar-refractivity contribution is 8.35. The fraction of sp³-hybridized carbons (Fsp3) is 1.00. The van der Waals surface area contributed by atoms with E-state index in [0.717, 1.165) is 19.7 Å². The summed E-state index contributed by atoms with van der Waals surface area (Å²) < 4.78 is 1.97. The van der Waals surface area contributed by atoms with Gasteiger partial charge in [-0.15, -0.1) is 23.5 Å². The first-order chi connectivity index (χ1) is 4.93. The highest BCUT2D eigenvalue weighted by atomic mass is 32.3. The van der Waals surface area contributed by atoms with E-state index in [-0.39, 0.29) is 0 Å². The molecule has 0 radical (unpaired) electrons. The summed E-state index contributed by atoms with van der Waals surface area (Å²) in [7, 11) is 0. The molecular formula is C6H8S4. The van der Waals surface area contributed by atoms with Crippen molar-refractivity contribution >= 4 is 47.0 Å². The molecule has 0 nitrogen and oxygen atoms in total. The van der Waals surface area contributed by atoms with E-state index in [4.69, 9.17) is 0 Å². The zero-order chi connectivity index (χ0) is 6.55. The Hall–Kier alpha value is 1.40. The van der Waals surface area contributed by atoms with Crippen LogP contribution in [0.2, 0.25) is 0 Å². The van der Waals surface area contributed by atoms with Crippen LogP contribution in [-0.4, -0.2) is 31.2 Å². The van der Waals surface area contributed by atoms with E-state index in [9.17, 15) is 0 Å². The SMILES string of the molecule is C1SC1C1SC(C2CS2)S1. The van der Waals surface area contributed by atoms with Crippen LogP contribution in [0.15, 0.2) is 0 Å². The standard InChI is InChI=1S/C6H8S4/c1-3(7-1)5-9-6(10-5)4-2-8-4/h3-6H,1-2H2. The Kier molecular flexibility index (Phi) is 1.68. The fourth-order valence-electron chi connectivity index (χ4n) is 1.05. The molecule has 0 aromatic rings. The van der Waals surface area contributed by atoms with Gasteiger partial charge < -0.3 is 0 Å². The van der Waals surface area contributed by atoms with Crippen molar-refractivity contribution in [3.8, 4) is 0 Å². The van der Waals surface area contributed by atoms with Crippen molar-refractivity contribution in [2.75, 3.05) is 11.5 Å². The molecule has 0 spiro atoms. The van der Waals surface area contributed by atoms with E-state index in [1.165, 1.54) is 11.5 Å². The van der Waals surface area contributed by atoms with E-state index >= 15 is 0 Å². The maximum absolute atomic E-state index is 2.24. The van der Waals surface area contributed by atoms with Crippen LogP contribution in [-0.2, 0) is 0 Å². The summed E-state index contributed by atoms with van der Waals surface area (Å²) in [5.41, 5.74) is 0. The minimum Gasteiger partial charge on any atom is -0.154 e. The van der Waals surface area contributed by atoms with Gasteiger partial charge in [-0.05, 0) is 0 Å². The first-order valence-electron chi connectivity index (χ1n) is 3.47. The molecule has 0 aromatic carbocycles. The molecule has 3 aliphatic heterocycles. The Balaban J connectivity index is 1.51. The minimum atomic E-state index is 0.983. The number of thioether (sulfide) groups is 4. The van der Waals surface area contributed by atoms with Gasteiger partial charge in [-0.25, -0.2) is 0 Å². The summed E-state index contributed by atoms with van der Waals surface area (Å²) >= 11 is 8.75. The lowest BCUT2D eigenvalue weighted by Gasteiger charge is -2.33. The van der Waals surface area contributed by atoms with Crippen molar-refractivity contribution in [3.63, 3.8) is 0 Å². The molecule has 56 valence electrons. The Labute approximate surface area is 78.0 Å². The van der Waals surface area contributed by atoms with Gasteiger partial charge in [0.15, 0.2) is 0 Å². The van der Waals surface area contributed by atoms with Crippen LogP contribution < -0.4 is 0 Å². The maximum Gasteiger partial charge on any atom is 0.0652 e. The molecule has 0 amide bonds. The average molecular weight is 208 g/mol. The van der Waals surface area contributed by atoms with Crippen molar-refractivity contribution in [3.05, 3.63) is 0 Å². The van der Waals surface area contributed by atoms with Crippen LogP contribution in [0.5, 0.6) is 0 Å². The average Bonchev–Trinajstić information content (AvgIpc) is 2.51. The van der Waals surface area contributed by atoms with Crippen molar-refractivity contribution in [2.24, 2.45) is 0 Å². The summed E-state index contributed by atoms with van der Waals surface area (Å²) in [6, 6.07) is 0. The third-order valence-electron chi connectivity index (χ3n) is 1.86. The molecule has 0 aromatic heterocycles. The van der Waals surface area contributed by atoms with E-state index < -0.39 is 0 Å². The third kappa shape index (κ3) is 1.21. The largest absolute Gasteiger partial charge is 0.154 e. The Morgan fingerprint density at radius 2 is 1.20 bits per heavy atom. The number of hydrogen-bond acceptors (Lipinski definition) is 4. The fourth-order valence-corrected chi connectivity index (χ4v) is 6.91. The maximum atomic E-state index is 2.24. The minimum absolute atomic E-state index is 0.983. The normalized spacial score (nSPS) is 57.6. The molecule has 0 bridgehead atoms. The predicted molar refractivity (Wildman–Crippen MR) is 55.3 cm³/mol. The van der Waals surface area contributed by atoms with Crippen molar-refractivity contribution in [1.82, 2.24) is 0 Å². The molecule has 3 aliphatic rings. The zero-order valence-corrected chi connectivity index (χ0v) is 8.62. The topological polar surface area (TPSA) is 0 Å². The van der Waals surface area contributed by atoms with Crippen LogP contribution in [0.1, 0.15) is 0 Å². The Morgan fingerprint density at radius 3 is 1.50 bits per heavy atom. The van der Waals surface area contributed by atoms with Crippen LogP contribution in [0.25, 0.3) is 0 Å². The predicted octanol–water partition coefficient (Wildman–Crippen LogP) is 2.35. The van der Waals surface area contributed by atoms with Gasteiger partial charge in [-0.1, -0.05) is 0 Å². The van der Waals surface area contributed by atoms with Crippen LogP contribution >= 0.6 is 47.0 Å². The second-order valence-corrected chi connectivity index (χ2v) is 8.47. The van der Waals surface area contributed by atoms with Crippen LogP contribution in [0, 0.1) is 0 Å². The summed E-state index contributed by atoms with van der Waals surface area (Å²) in [4.78, 5) is 0. The Bertz CT molecular complexity index is 130. The van der Waals surface area contributed by atoms with Gasteiger partial charge in [0.1, 0.15) is 0 Å². The first-order valence-corrected chi connectivity index (χ1v) is 7.46. The molecule has 0 saturated carbocycles.